The van der Waals surface area contributed by atoms with Crippen LogP contribution in [-0.2, 0) is 9.53 Å². The summed E-state index contributed by atoms with van der Waals surface area (Å²) in [4.78, 5) is 12.5. The Hall–Kier alpha value is -1.17. The summed E-state index contributed by atoms with van der Waals surface area (Å²) in [6.07, 6.45) is 6.84. The van der Waals surface area contributed by atoms with Gasteiger partial charge in [0.2, 0.25) is 0 Å². The normalized spacial score (nSPS) is 41.8. The third-order valence-corrected chi connectivity index (χ3v) is 5.77. The van der Waals surface area contributed by atoms with Crippen molar-refractivity contribution in [1.82, 2.24) is 0 Å². The lowest BCUT2D eigenvalue weighted by Gasteiger charge is -2.34. The molecule has 4 atom stereocenters. The summed E-state index contributed by atoms with van der Waals surface area (Å²) < 4.78 is 5.64. The van der Waals surface area contributed by atoms with Crippen molar-refractivity contribution in [3.63, 3.8) is 0 Å². The van der Waals surface area contributed by atoms with Crippen LogP contribution in [0.3, 0.4) is 0 Å². The monoisotopic (exact) mass is 352 g/mol. The van der Waals surface area contributed by atoms with Gasteiger partial charge in [-0.1, -0.05) is 32.1 Å². The molecule has 0 saturated carbocycles. The number of rotatable bonds is 1. The first-order valence-electron chi connectivity index (χ1n) is 9.23. The largest absolute Gasteiger partial charge is 0.453 e. The number of aliphatic hydroxyl groups is 3. The van der Waals surface area contributed by atoms with Gasteiger partial charge in [0.15, 0.2) is 0 Å². The predicted molar refractivity (Wildman–Crippen MR) is 95.8 cm³/mol. The minimum absolute atomic E-state index is 0.0667. The van der Waals surface area contributed by atoms with Gasteiger partial charge in [0.1, 0.15) is 5.60 Å². The number of carbonyl (C=O) groups excluding carboxylic acids is 1. The fourth-order valence-corrected chi connectivity index (χ4v) is 3.42. The average Bonchev–Trinajstić information content (AvgIpc) is 2.67. The van der Waals surface area contributed by atoms with Crippen LogP contribution in [0.15, 0.2) is 23.8 Å². The second-order valence-electron chi connectivity index (χ2n) is 8.36. The van der Waals surface area contributed by atoms with Crippen LogP contribution in [0.2, 0.25) is 0 Å². The molecule has 0 aliphatic carbocycles. The first kappa shape index (κ1) is 20.1. The van der Waals surface area contributed by atoms with Gasteiger partial charge < -0.3 is 20.1 Å². The molecule has 0 radical (unpaired) electrons. The maximum absolute atomic E-state index is 12.5. The van der Waals surface area contributed by atoms with Crippen molar-refractivity contribution in [2.45, 2.75) is 89.1 Å². The fraction of sp³-hybridized carbons (Fsp3) is 0.750. The van der Waals surface area contributed by atoms with E-state index in [0.717, 1.165) is 0 Å². The number of ether oxygens (including phenoxy) is 1. The number of fused-ring (bicyclic) bond motifs is 3. The molecule has 5 heteroatoms. The van der Waals surface area contributed by atoms with Crippen molar-refractivity contribution in [2.24, 2.45) is 5.92 Å². The van der Waals surface area contributed by atoms with Crippen LogP contribution < -0.4 is 0 Å². The molecule has 2 aliphatic rings. The summed E-state index contributed by atoms with van der Waals surface area (Å²) >= 11 is 0. The maximum atomic E-state index is 12.5. The highest BCUT2D eigenvalue weighted by atomic mass is 16.6. The summed E-state index contributed by atoms with van der Waals surface area (Å²) in [7, 11) is 0. The highest BCUT2D eigenvalue weighted by Crippen LogP contribution is 2.35. The topological polar surface area (TPSA) is 87.0 Å². The van der Waals surface area contributed by atoms with Gasteiger partial charge in [-0.2, -0.15) is 0 Å². The second kappa shape index (κ2) is 7.22. The van der Waals surface area contributed by atoms with Crippen LogP contribution in [0, 0.1) is 5.92 Å². The molecule has 25 heavy (non-hydrogen) atoms. The van der Waals surface area contributed by atoms with Crippen LogP contribution in [0.25, 0.3) is 0 Å². The lowest BCUT2D eigenvalue weighted by molar-refractivity contribution is -0.167. The van der Waals surface area contributed by atoms with E-state index < -0.39 is 28.9 Å². The van der Waals surface area contributed by atoms with E-state index in [9.17, 15) is 20.1 Å². The minimum atomic E-state index is -1.15. The molecule has 2 bridgehead atoms. The van der Waals surface area contributed by atoms with Crippen molar-refractivity contribution < 1.29 is 24.9 Å². The van der Waals surface area contributed by atoms with Crippen LogP contribution in [0.4, 0.5) is 0 Å². The van der Waals surface area contributed by atoms with Crippen molar-refractivity contribution in [3.05, 3.63) is 23.8 Å². The van der Waals surface area contributed by atoms with Gasteiger partial charge in [-0.25, -0.2) is 4.79 Å². The Labute approximate surface area is 150 Å². The SMILES string of the molecule is CC(C)[C@@]1(O)/C=C\[C@](C)(O)CC[C@@H](O)[C@]2(C)CCC=C(CC1)C(=O)O2. The zero-order valence-corrected chi connectivity index (χ0v) is 15.8. The lowest BCUT2D eigenvalue weighted by Crippen LogP contribution is -2.44. The van der Waals surface area contributed by atoms with Crippen LogP contribution in [0.5, 0.6) is 0 Å². The molecule has 0 spiro atoms. The smallest absolute Gasteiger partial charge is 0.334 e. The fourth-order valence-electron chi connectivity index (χ4n) is 3.42. The summed E-state index contributed by atoms with van der Waals surface area (Å²) in [6.45, 7) is 7.24. The standard InChI is InChI=1S/C20H32O5/c1-14(2)20(24)11-7-15-6-5-9-19(4,25-17(15)22)16(21)8-10-18(3,23)12-13-20/h6,12-14,16,21,23-24H,5,7-11H2,1-4H3/b13-12-/t16-,18-,19+,20+/m1/s1. The number of esters is 1. The number of allylic oxidation sites excluding steroid dienone is 1. The maximum Gasteiger partial charge on any atom is 0.334 e. The lowest BCUT2D eigenvalue weighted by atomic mass is 9.82. The van der Waals surface area contributed by atoms with E-state index in [1.54, 1.807) is 26.0 Å². The zero-order valence-electron chi connectivity index (χ0n) is 15.8. The van der Waals surface area contributed by atoms with Crippen LogP contribution in [-0.4, -0.2) is 44.2 Å². The molecule has 0 aromatic rings. The summed E-state index contributed by atoms with van der Waals surface area (Å²) in [5.41, 5.74) is -2.68. The molecule has 2 aliphatic heterocycles. The van der Waals surface area contributed by atoms with Crippen molar-refractivity contribution in [2.75, 3.05) is 0 Å². The minimum Gasteiger partial charge on any atom is -0.453 e. The summed E-state index contributed by atoms with van der Waals surface area (Å²) in [5, 5.41) is 32.2. The highest BCUT2D eigenvalue weighted by Gasteiger charge is 2.40. The first-order valence-corrected chi connectivity index (χ1v) is 9.23. The number of hydrogen-bond acceptors (Lipinski definition) is 5. The average molecular weight is 352 g/mol. The van der Waals surface area contributed by atoms with Gasteiger partial charge in [0, 0.05) is 5.57 Å². The Morgan fingerprint density at radius 2 is 1.84 bits per heavy atom. The molecule has 142 valence electrons. The highest BCUT2D eigenvalue weighted by molar-refractivity contribution is 5.89. The summed E-state index contributed by atoms with van der Waals surface area (Å²) in [5.74, 6) is -0.483. The van der Waals surface area contributed by atoms with E-state index >= 15 is 0 Å². The molecular weight excluding hydrogens is 320 g/mol. The van der Waals surface area contributed by atoms with E-state index in [1.807, 2.05) is 19.9 Å². The molecule has 2 rings (SSSR count). The molecule has 0 aromatic carbocycles. The molecule has 5 nitrogen and oxygen atoms in total. The van der Waals surface area contributed by atoms with E-state index in [1.165, 1.54) is 0 Å². The third-order valence-electron chi connectivity index (χ3n) is 5.77. The van der Waals surface area contributed by atoms with E-state index in [-0.39, 0.29) is 5.92 Å². The van der Waals surface area contributed by atoms with Gasteiger partial charge >= 0.3 is 5.97 Å². The Balaban J connectivity index is 2.39. The molecule has 0 fully saturated rings. The Morgan fingerprint density at radius 1 is 1.16 bits per heavy atom. The molecule has 0 amide bonds. The molecule has 0 aromatic heterocycles. The second-order valence-corrected chi connectivity index (χ2v) is 8.36. The van der Waals surface area contributed by atoms with Crippen molar-refractivity contribution in [3.8, 4) is 0 Å². The quantitative estimate of drug-likeness (QED) is 0.499. The number of hydrogen-bond donors (Lipinski definition) is 3. The van der Waals surface area contributed by atoms with Gasteiger partial charge in [0.25, 0.3) is 0 Å². The Kier molecular flexibility index (Phi) is 5.81. The molecule has 3 N–H and O–H groups in total. The van der Waals surface area contributed by atoms with Gasteiger partial charge in [-0.15, -0.1) is 0 Å². The Morgan fingerprint density at radius 3 is 2.48 bits per heavy atom. The van der Waals surface area contributed by atoms with Gasteiger partial charge in [0.05, 0.1) is 17.3 Å². The molecule has 0 unspecified atom stereocenters. The van der Waals surface area contributed by atoms with E-state index in [2.05, 4.69) is 0 Å². The third kappa shape index (κ3) is 4.72. The molecule has 2 heterocycles. The van der Waals surface area contributed by atoms with Crippen molar-refractivity contribution in [1.29, 1.82) is 0 Å². The van der Waals surface area contributed by atoms with Gasteiger partial charge in [-0.05, 0) is 58.3 Å². The van der Waals surface area contributed by atoms with E-state index in [0.29, 0.717) is 44.1 Å². The van der Waals surface area contributed by atoms with Gasteiger partial charge in [-0.3, -0.25) is 0 Å². The van der Waals surface area contributed by atoms with Crippen molar-refractivity contribution >= 4 is 5.97 Å². The zero-order chi connectivity index (χ0) is 18.9. The van der Waals surface area contributed by atoms with Crippen LogP contribution >= 0.6 is 0 Å². The molecular formula is C20H32O5. The number of carbonyl (C=O) groups is 1. The number of aliphatic hydroxyl groups excluding tert-OH is 1. The van der Waals surface area contributed by atoms with E-state index in [4.69, 9.17) is 4.74 Å². The summed E-state index contributed by atoms with van der Waals surface area (Å²) in [6, 6.07) is 0. The van der Waals surface area contributed by atoms with Crippen LogP contribution in [0.1, 0.15) is 66.2 Å². The first-order chi connectivity index (χ1) is 11.5. The predicted octanol–water partition coefficient (Wildman–Crippen LogP) is 2.64. The Bertz CT molecular complexity index is 562. The molecule has 0 saturated heterocycles.